The first-order valence-electron chi connectivity index (χ1n) is 10.6. The number of fused-ring (bicyclic) bond motifs is 2. The molecule has 1 aliphatic carbocycles. The smallest absolute Gasteiger partial charge is 0.268 e. The molecule has 4 rings (SSSR count). The quantitative estimate of drug-likeness (QED) is 0.436. The summed E-state index contributed by atoms with van der Waals surface area (Å²) in [6.07, 6.45) is -1.06. The zero-order valence-corrected chi connectivity index (χ0v) is 18.0. The normalized spacial score (nSPS) is 18.0. The number of likely N-dealkylation sites (N-methyl/N-ethyl adjacent to an activating group) is 1. The molecule has 1 aliphatic rings. The highest BCUT2D eigenvalue weighted by Crippen LogP contribution is 2.36. The van der Waals surface area contributed by atoms with Crippen molar-refractivity contribution in [1.82, 2.24) is 15.2 Å². The Morgan fingerprint density at radius 3 is 2.76 bits per heavy atom. The van der Waals surface area contributed by atoms with Crippen LogP contribution >= 0.6 is 0 Å². The summed E-state index contributed by atoms with van der Waals surface area (Å²) in [5, 5.41) is 13.8. The number of hydrogen-bond acceptors (Lipinski definition) is 4. The number of rotatable bonds is 7. The van der Waals surface area contributed by atoms with Gasteiger partial charge in [0.25, 0.3) is 11.8 Å². The molecule has 3 atom stereocenters. The molecule has 2 aromatic carbocycles. The fraction of sp³-hybridized carbons (Fsp3) is 0.292. The lowest BCUT2D eigenvalue weighted by atomic mass is 10.0. The number of nitrogens with one attached hydrogen (secondary N) is 2. The SMILES string of the molecule is CN(C(=O)[C@@H](O)CCC(N)=O)[C@@H]1c2ccccc2C[C@H]1NC(=O)c1cc2cc(F)ccc2[nH]1. The van der Waals surface area contributed by atoms with Crippen LogP contribution in [0, 0.1) is 5.82 Å². The van der Waals surface area contributed by atoms with E-state index in [2.05, 4.69) is 10.3 Å². The number of aliphatic hydroxyl groups is 1. The number of carbonyl (C=O) groups excluding carboxylic acids is 3. The molecule has 0 radical (unpaired) electrons. The Morgan fingerprint density at radius 2 is 2.00 bits per heavy atom. The van der Waals surface area contributed by atoms with Gasteiger partial charge in [-0.15, -0.1) is 0 Å². The van der Waals surface area contributed by atoms with E-state index in [1.54, 1.807) is 19.2 Å². The molecular formula is C24H25FN4O4. The summed E-state index contributed by atoms with van der Waals surface area (Å²) in [5.41, 5.74) is 7.90. The van der Waals surface area contributed by atoms with E-state index in [0.29, 0.717) is 17.3 Å². The minimum Gasteiger partial charge on any atom is -0.383 e. The second kappa shape index (κ2) is 9.03. The zero-order chi connectivity index (χ0) is 23.7. The van der Waals surface area contributed by atoms with Crippen LogP contribution in [0.5, 0.6) is 0 Å². The predicted octanol–water partition coefficient (Wildman–Crippen LogP) is 1.79. The zero-order valence-electron chi connectivity index (χ0n) is 18.0. The lowest BCUT2D eigenvalue weighted by molar-refractivity contribution is -0.142. The second-order valence-electron chi connectivity index (χ2n) is 8.31. The van der Waals surface area contributed by atoms with Crippen molar-refractivity contribution in [3.8, 4) is 0 Å². The maximum Gasteiger partial charge on any atom is 0.268 e. The van der Waals surface area contributed by atoms with E-state index < -0.39 is 35.8 Å². The molecule has 0 unspecified atom stereocenters. The van der Waals surface area contributed by atoms with Crippen LogP contribution in [-0.4, -0.2) is 51.9 Å². The largest absolute Gasteiger partial charge is 0.383 e. The summed E-state index contributed by atoms with van der Waals surface area (Å²) in [7, 11) is 1.56. The Labute approximate surface area is 189 Å². The van der Waals surface area contributed by atoms with E-state index in [-0.39, 0.29) is 24.4 Å². The summed E-state index contributed by atoms with van der Waals surface area (Å²) in [4.78, 5) is 41.3. The summed E-state index contributed by atoms with van der Waals surface area (Å²) in [6.45, 7) is 0. The van der Waals surface area contributed by atoms with Crippen LogP contribution in [0.15, 0.2) is 48.5 Å². The van der Waals surface area contributed by atoms with Crippen molar-refractivity contribution in [2.75, 3.05) is 7.05 Å². The number of nitrogens with zero attached hydrogens (tertiary/aromatic N) is 1. The van der Waals surface area contributed by atoms with E-state index >= 15 is 0 Å². The number of primary amides is 1. The number of aromatic amines is 1. The third-order valence-corrected chi connectivity index (χ3v) is 6.05. The van der Waals surface area contributed by atoms with Gasteiger partial charge in [-0.2, -0.15) is 0 Å². The van der Waals surface area contributed by atoms with Gasteiger partial charge >= 0.3 is 0 Å². The summed E-state index contributed by atoms with van der Waals surface area (Å²) in [6, 6.07) is 12.4. The van der Waals surface area contributed by atoms with Crippen molar-refractivity contribution in [2.24, 2.45) is 5.73 Å². The lowest BCUT2D eigenvalue weighted by Crippen LogP contribution is -2.47. The first-order chi connectivity index (χ1) is 15.7. The van der Waals surface area contributed by atoms with Crippen LogP contribution in [0.1, 0.15) is 40.5 Å². The number of hydrogen-bond donors (Lipinski definition) is 4. The van der Waals surface area contributed by atoms with E-state index in [9.17, 15) is 23.9 Å². The number of aliphatic hydroxyl groups excluding tert-OH is 1. The Morgan fingerprint density at radius 1 is 1.24 bits per heavy atom. The molecule has 9 heteroatoms. The molecule has 1 aromatic heterocycles. The van der Waals surface area contributed by atoms with Gasteiger partial charge in [-0.25, -0.2) is 4.39 Å². The van der Waals surface area contributed by atoms with E-state index in [1.165, 1.54) is 17.0 Å². The van der Waals surface area contributed by atoms with Gasteiger partial charge in [-0.05, 0) is 48.2 Å². The molecule has 3 aromatic rings. The number of halogens is 1. The average molecular weight is 452 g/mol. The van der Waals surface area contributed by atoms with E-state index in [4.69, 9.17) is 5.73 Å². The summed E-state index contributed by atoms with van der Waals surface area (Å²) < 4.78 is 13.5. The number of nitrogens with two attached hydrogens (primary N) is 1. The summed E-state index contributed by atoms with van der Waals surface area (Å²) >= 11 is 0. The maximum atomic E-state index is 13.5. The van der Waals surface area contributed by atoms with Crippen molar-refractivity contribution in [3.63, 3.8) is 0 Å². The molecule has 0 aliphatic heterocycles. The predicted molar refractivity (Wildman–Crippen MR) is 120 cm³/mol. The van der Waals surface area contributed by atoms with Crippen LogP contribution in [0.3, 0.4) is 0 Å². The maximum absolute atomic E-state index is 13.5. The molecular weight excluding hydrogens is 427 g/mol. The highest BCUT2D eigenvalue weighted by molar-refractivity contribution is 5.98. The molecule has 0 bridgehead atoms. The van der Waals surface area contributed by atoms with Crippen molar-refractivity contribution in [1.29, 1.82) is 0 Å². The van der Waals surface area contributed by atoms with Gasteiger partial charge in [0.1, 0.15) is 17.6 Å². The van der Waals surface area contributed by atoms with Crippen molar-refractivity contribution >= 4 is 28.6 Å². The molecule has 1 heterocycles. The fourth-order valence-electron chi connectivity index (χ4n) is 4.43. The minimum absolute atomic E-state index is 0.0739. The molecule has 0 saturated carbocycles. The van der Waals surface area contributed by atoms with E-state index in [0.717, 1.165) is 11.1 Å². The number of benzene rings is 2. The summed E-state index contributed by atoms with van der Waals surface area (Å²) in [5.74, 6) is -1.93. The van der Waals surface area contributed by atoms with E-state index in [1.807, 2.05) is 24.3 Å². The highest BCUT2D eigenvalue weighted by Gasteiger charge is 2.39. The molecule has 5 N–H and O–H groups in total. The van der Waals surface area contributed by atoms with Gasteiger partial charge in [0.15, 0.2) is 0 Å². The third-order valence-electron chi connectivity index (χ3n) is 6.05. The molecule has 8 nitrogen and oxygen atoms in total. The monoisotopic (exact) mass is 452 g/mol. The van der Waals surface area contributed by atoms with Gasteiger partial charge in [-0.3, -0.25) is 14.4 Å². The number of aromatic nitrogens is 1. The first-order valence-corrected chi connectivity index (χ1v) is 10.6. The molecule has 3 amide bonds. The fourth-order valence-corrected chi connectivity index (χ4v) is 4.43. The molecule has 0 saturated heterocycles. The topological polar surface area (TPSA) is 129 Å². The Balaban J connectivity index is 1.56. The Hall–Kier alpha value is -3.72. The lowest BCUT2D eigenvalue weighted by Gasteiger charge is -2.32. The van der Waals surface area contributed by atoms with Crippen LogP contribution < -0.4 is 11.1 Å². The Bertz CT molecular complexity index is 1220. The minimum atomic E-state index is -1.38. The number of amides is 3. The molecule has 33 heavy (non-hydrogen) atoms. The van der Waals surface area contributed by atoms with Gasteiger partial charge in [0, 0.05) is 24.4 Å². The number of carbonyl (C=O) groups is 3. The highest BCUT2D eigenvalue weighted by atomic mass is 19.1. The van der Waals surface area contributed by atoms with Gasteiger partial charge in [0.05, 0.1) is 12.1 Å². The van der Waals surface area contributed by atoms with Crippen molar-refractivity contribution in [2.45, 2.75) is 37.5 Å². The van der Waals surface area contributed by atoms with Gasteiger partial charge in [0.2, 0.25) is 5.91 Å². The van der Waals surface area contributed by atoms with Crippen LogP contribution in [0.2, 0.25) is 0 Å². The number of H-pyrrole nitrogens is 1. The van der Waals surface area contributed by atoms with Crippen molar-refractivity contribution < 1.29 is 23.9 Å². The van der Waals surface area contributed by atoms with Gasteiger partial charge < -0.3 is 26.0 Å². The van der Waals surface area contributed by atoms with Crippen LogP contribution in [-0.2, 0) is 16.0 Å². The molecule has 0 spiro atoms. The standard InChI is InChI=1S/C24H25FN4O4/c1-29(24(33)20(30)8-9-21(26)31)22-16-5-3-2-4-13(16)11-18(22)28-23(32)19-12-14-10-15(25)6-7-17(14)27-19/h2-7,10,12,18,20,22,27,30H,8-9,11H2,1H3,(H2,26,31)(H,28,32)/t18-,20+,22-/m1/s1. The van der Waals surface area contributed by atoms with Gasteiger partial charge in [-0.1, -0.05) is 24.3 Å². The Kier molecular flexibility index (Phi) is 6.15. The first kappa shape index (κ1) is 22.5. The average Bonchev–Trinajstić information content (AvgIpc) is 3.37. The third kappa shape index (κ3) is 4.58. The van der Waals surface area contributed by atoms with Crippen molar-refractivity contribution in [3.05, 3.63) is 71.2 Å². The van der Waals surface area contributed by atoms with Crippen LogP contribution in [0.4, 0.5) is 4.39 Å². The molecule has 0 fully saturated rings. The van der Waals surface area contributed by atoms with Crippen LogP contribution in [0.25, 0.3) is 10.9 Å². The molecule has 172 valence electrons. The second-order valence-corrected chi connectivity index (χ2v) is 8.31.